The zero-order chi connectivity index (χ0) is 44.7. The minimum atomic E-state index is -0.431. The van der Waals surface area contributed by atoms with Gasteiger partial charge >= 0.3 is 5.97 Å². The molecular weight excluding hydrogens is 809 g/mol. The lowest BCUT2D eigenvalue weighted by Gasteiger charge is -2.29. The Morgan fingerprint density at radius 2 is 1.08 bits per heavy atom. The van der Waals surface area contributed by atoms with E-state index in [1.54, 1.807) is 6.08 Å². The van der Waals surface area contributed by atoms with Crippen LogP contribution in [0.1, 0.15) is 96.9 Å². The molecule has 0 aromatic heterocycles. The van der Waals surface area contributed by atoms with E-state index in [9.17, 15) is 4.79 Å². The second kappa shape index (κ2) is 22.0. The second-order valence-electron chi connectivity index (χ2n) is 16.4. The molecular formula is C57H56N2O6. The number of ether oxygens (including phenoxy) is 3. The lowest BCUT2D eigenvalue weighted by Crippen LogP contribution is -2.24. The Balaban J connectivity index is 0.855. The van der Waals surface area contributed by atoms with Gasteiger partial charge in [-0.15, -0.1) is 0 Å². The maximum absolute atomic E-state index is 13.4. The SMILES string of the molecule is CCCCOc1ccc(C=Nc2ccc(C=CCOOc3cccc4c3C3(CC4)CCc4cccc(OC(=O)C=Cc5ccc(N=Cc6ccc(OCCCC)cc6)cc5)c43)cc2)cc1. The highest BCUT2D eigenvalue weighted by Crippen LogP contribution is 2.57. The standard InChI is InChI=1S/C57H56N2O6/c1-3-5-37-61-50-28-19-44(20-29-50)40-58-48-24-15-42(16-25-48)10-9-39-63-65-53-14-8-12-47-34-36-57(56(47)53)35-33-46-11-7-13-52(55(46)57)64-54(60)32-23-43-17-26-49(27-18-43)59-41-45-21-30-51(31-22-45)62-38-6-4-2/h7-32,40-41H,3-6,33-39H2,1-2H3. The van der Waals surface area contributed by atoms with Gasteiger partial charge in [-0.2, -0.15) is 4.89 Å². The summed E-state index contributed by atoms with van der Waals surface area (Å²) in [6.45, 7) is 6.03. The third-order valence-electron chi connectivity index (χ3n) is 11.9. The molecule has 8 rings (SSSR count). The number of nitrogens with zero attached hydrogens (tertiary/aromatic N) is 2. The summed E-state index contributed by atoms with van der Waals surface area (Å²) in [4.78, 5) is 34.5. The molecule has 0 saturated carbocycles. The van der Waals surface area contributed by atoms with Crippen molar-refractivity contribution >= 4 is 41.9 Å². The van der Waals surface area contributed by atoms with Crippen molar-refractivity contribution in [3.63, 3.8) is 0 Å². The smallest absolute Gasteiger partial charge is 0.336 e. The molecule has 2 aliphatic rings. The predicted octanol–water partition coefficient (Wildman–Crippen LogP) is 13.4. The van der Waals surface area contributed by atoms with Crippen LogP contribution in [0, 0.1) is 0 Å². The second-order valence-corrected chi connectivity index (χ2v) is 16.4. The molecule has 1 atom stereocenters. The van der Waals surface area contributed by atoms with Crippen molar-refractivity contribution in [2.24, 2.45) is 9.98 Å². The van der Waals surface area contributed by atoms with Gasteiger partial charge in [0, 0.05) is 35.0 Å². The number of benzene rings is 6. The Kier molecular flexibility index (Phi) is 15.1. The van der Waals surface area contributed by atoms with Crippen molar-refractivity contribution in [2.45, 2.75) is 70.6 Å². The number of carbonyl (C=O) groups is 1. The number of fused-ring (bicyclic) bond motifs is 4. The van der Waals surface area contributed by atoms with E-state index in [0.717, 1.165) is 121 Å². The van der Waals surface area contributed by atoms with Crippen LogP contribution < -0.4 is 19.1 Å². The first-order valence-electron chi connectivity index (χ1n) is 22.8. The van der Waals surface area contributed by atoms with Gasteiger partial charge < -0.3 is 19.1 Å². The summed E-state index contributed by atoms with van der Waals surface area (Å²) < 4.78 is 17.6. The van der Waals surface area contributed by atoms with Crippen LogP contribution in [0.25, 0.3) is 12.2 Å². The number of unbranched alkanes of at least 4 members (excludes halogenated alkanes) is 2. The zero-order valence-corrected chi connectivity index (χ0v) is 37.3. The van der Waals surface area contributed by atoms with Gasteiger partial charge in [0.05, 0.1) is 24.6 Å². The molecule has 8 nitrogen and oxygen atoms in total. The summed E-state index contributed by atoms with van der Waals surface area (Å²) >= 11 is 0. The molecule has 0 N–H and O–H groups in total. The van der Waals surface area contributed by atoms with Crippen molar-refractivity contribution in [1.29, 1.82) is 0 Å². The van der Waals surface area contributed by atoms with Gasteiger partial charge in [-0.3, -0.25) is 9.98 Å². The number of esters is 1. The molecule has 0 amide bonds. The molecule has 6 aromatic carbocycles. The van der Waals surface area contributed by atoms with E-state index in [-0.39, 0.29) is 12.0 Å². The van der Waals surface area contributed by atoms with E-state index in [1.807, 2.05) is 146 Å². The summed E-state index contributed by atoms with van der Waals surface area (Å²) in [6.07, 6.45) is 18.8. The quantitative estimate of drug-likeness (QED) is 0.0144. The first-order chi connectivity index (χ1) is 32.0. The average molecular weight is 865 g/mol. The third-order valence-corrected chi connectivity index (χ3v) is 11.9. The van der Waals surface area contributed by atoms with Crippen molar-refractivity contribution in [1.82, 2.24) is 0 Å². The fraction of sp³-hybridized carbons (Fsp3) is 0.246. The monoisotopic (exact) mass is 864 g/mol. The van der Waals surface area contributed by atoms with Gasteiger partial charge in [-0.25, -0.2) is 4.79 Å². The fourth-order valence-electron chi connectivity index (χ4n) is 8.49. The number of aryl methyl sites for hydroxylation is 2. The molecule has 0 fully saturated rings. The van der Waals surface area contributed by atoms with Crippen LogP contribution >= 0.6 is 0 Å². The molecule has 1 unspecified atom stereocenters. The molecule has 6 aromatic rings. The van der Waals surface area contributed by atoms with Gasteiger partial charge in [0.15, 0.2) is 5.75 Å². The molecule has 330 valence electrons. The van der Waals surface area contributed by atoms with Gasteiger partial charge in [0.2, 0.25) is 0 Å². The average Bonchev–Trinajstić information content (AvgIpc) is 3.92. The summed E-state index contributed by atoms with van der Waals surface area (Å²) in [5.41, 5.74) is 9.84. The van der Waals surface area contributed by atoms with Crippen LogP contribution in [-0.2, 0) is 27.9 Å². The van der Waals surface area contributed by atoms with E-state index < -0.39 is 5.97 Å². The zero-order valence-electron chi connectivity index (χ0n) is 37.3. The van der Waals surface area contributed by atoms with Crippen LogP contribution in [0.2, 0.25) is 0 Å². The highest BCUT2D eigenvalue weighted by atomic mass is 17.2. The predicted molar refractivity (Wildman–Crippen MR) is 262 cm³/mol. The van der Waals surface area contributed by atoms with Crippen molar-refractivity contribution in [3.05, 3.63) is 190 Å². The molecule has 65 heavy (non-hydrogen) atoms. The number of hydrogen-bond donors (Lipinski definition) is 0. The minimum Gasteiger partial charge on any atom is -0.494 e. The summed E-state index contributed by atoms with van der Waals surface area (Å²) in [7, 11) is 0. The summed E-state index contributed by atoms with van der Waals surface area (Å²) in [5.74, 6) is 2.60. The summed E-state index contributed by atoms with van der Waals surface area (Å²) in [6, 6.07) is 43.9. The highest BCUT2D eigenvalue weighted by Gasteiger charge is 2.49. The Labute approximate surface area is 382 Å². The normalized spacial score (nSPS) is 15.4. The maximum Gasteiger partial charge on any atom is 0.336 e. The van der Waals surface area contributed by atoms with E-state index in [2.05, 4.69) is 36.0 Å². The van der Waals surface area contributed by atoms with E-state index in [0.29, 0.717) is 11.5 Å². The van der Waals surface area contributed by atoms with E-state index >= 15 is 0 Å². The molecule has 0 heterocycles. The van der Waals surface area contributed by atoms with Crippen LogP contribution in [-0.4, -0.2) is 38.2 Å². The van der Waals surface area contributed by atoms with Gasteiger partial charge in [-0.05, 0) is 163 Å². The number of aliphatic imine (C=N–C) groups is 2. The molecule has 0 bridgehead atoms. The van der Waals surface area contributed by atoms with Gasteiger partial charge in [0.1, 0.15) is 23.9 Å². The van der Waals surface area contributed by atoms with Crippen LogP contribution in [0.5, 0.6) is 23.0 Å². The fourth-order valence-corrected chi connectivity index (χ4v) is 8.49. The van der Waals surface area contributed by atoms with Crippen LogP contribution in [0.15, 0.2) is 156 Å². The van der Waals surface area contributed by atoms with Gasteiger partial charge in [-0.1, -0.05) is 87.4 Å². The topological polar surface area (TPSA) is 87.9 Å². The maximum atomic E-state index is 13.4. The molecule has 0 radical (unpaired) electrons. The van der Waals surface area contributed by atoms with Crippen molar-refractivity contribution < 1.29 is 28.8 Å². The summed E-state index contributed by atoms with van der Waals surface area (Å²) in [5, 5.41) is 0. The van der Waals surface area contributed by atoms with Crippen LogP contribution in [0.3, 0.4) is 0 Å². The van der Waals surface area contributed by atoms with Crippen molar-refractivity contribution in [3.8, 4) is 23.0 Å². The minimum absolute atomic E-state index is 0.264. The van der Waals surface area contributed by atoms with E-state index in [4.69, 9.17) is 24.0 Å². The van der Waals surface area contributed by atoms with Crippen LogP contribution in [0.4, 0.5) is 11.4 Å². The number of rotatable bonds is 20. The molecule has 0 aliphatic heterocycles. The molecule has 2 aliphatic carbocycles. The van der Waals surface area contributed by atoms with Crippen molar-refractivity contribution in [2.75, 3.05) is 19.8 Å². The molecule has 0 saturated heterocycles. The Morgan fingerprint density at radius 3 is 1.62 bits per heavy atom. The lowest BCUT2D eigenvalue weighted by atomic mass is 9.76. The molecule has 1 spiro atoms. The first kappa shape index (κ1) is 44.6. The van der Waals surface area contributed by atoms with E-state index in [1.165, 1.54) is 17.2 Å². The first-order valence-corrected chi connectivity index (χ1v) is 22.8. The Bertz CT molecular complexity index is 2630. The van der Waals surface area contributed by atoms with Gasteiger partial charge in [0.25, 0.3) is 0 Å². The molecule has 8 heteroatoms. The lowest BCUT2D eigenvalue weighted by molar-refractivity contribution is -0.196. The largest absolute Gasteiger partial charge is 0.494 e. The third kappa shape index (κ3) is 11.6. The Hall–Kier alpha value is -7.03. The number of hydrogen-bond acceptors (Lipinski definition) is 8. The number of carbonyl (C=O) groups excluding carboxylic acids is 1. The highest BCUT2D eigenvalue weighted by molar-refractivity contribution is 5.89. The Morgan fingerprint density at radius 1 is 0.585 bits per heavy atom.